The Morgan fingerprint density at radius 1 is 0.719 bits per heavy atom. The van der Waals surface area contributed by atoms with Gasteiger partial charge in [-0.2, -0.15) is 0 Å². The van der Waals surface area contributed by atoms with Crippen LogP contribution in [0, 0.1) is 0 Å². The van der Waals surface area contributed by atoms with E-state index in [-0.39, 0.29) is 23.9 Å². The second kappa shape index (κ2) is 7.77. The molecule has 0 aliphatic carbocycles. The molecule has 2 atom stereocenters. The molecule has 0 N–H and O–H groups in total. The minimum Gasteiger partial charge on any atom is -0.364 e. The van der Waals surface area contributed by atoms with Crippen molar-refractivity contribution >= 4 is 5.78 Å². The third-order valence-corrected chi connectivity index (χ3v) is 5.66. The first-order chi connectivity index (χ1) is 15.8. The van der Waals surface area contributed by atoms with Gasteiger partial charge in [0.25, 0.3) is 5.78 Å². The molecule has 0 amide bonds. The molecule has 0 saturated carbocycles. The van der Waals surface area contributed by atoms with Crippen LogP contribution in [0.15, 0.2) is 60.7 Å². The average Bonchev–Trinajstić information content (AvgIpc) is 3.49. The van der Waals surface area contributed by atoms with Crippen molar-refractivity contribution in [2.24, 2.45) is 0 Å². The Balaban J connectivity index is 1.33. The highest BCUT2D eigenvalue weighted by molar-refractivity contribution is 6.03. The molecule has 2 aromatic carbocycles. The van der Waals surface area contributed by atoms with Gasteiger partial charge in [-0.1, -0.05) is 60.7 Å². The van der Waals surface area contributed by atoms with Gasteiger partial charge in [0.05, 0.1) is 26.3 Å². The molecule has 0 spiro atoms. The van der Waals surface area contributed by atoms with Crippen LogP contribution < -0.4 is 0 Å². The van der Waals surface area contributed by atoms with Gasteiger partial charge in [0.2, 0.25) is 11.6 Å². The zero-order valence-electron chi connectivity index (χ0n) is 17.2. The Kier molecular flexibility index (Phi) is 4.62. The van der Waals surface area contributed by atoms with Gasteiger partial charge in [-0.3, -0.25) is 4.79 Å². The lowest BCUT2D eigenvalue weighted by atomic mass is 10.1. The topological polar surface area (TPSA) is 97.0 Å². The van der Waals surface area contributed by atoms with Gasteiger partial charge in [-0.05, 0) is 11.1 Å². The lowest BCUT2D eigenvalue weighted by Crippen LogP contribution is -2.23. The number of carbonyl (C=O) groups is 1. The predicted octanol–water partition coefficient (Wildman–Crippen LogP) is 2.34. The molecule has 2 unspecified atom stereocenters. The first-order valence-electron chi connectivity index (χ1n) is 10.6. The molecule has 2 aliphatic heterocycles. The highest BCUT2D eigenvalue weighted by Gasteiger charge is 2.32. The lowest BCUT2D eigenvalue weighted by Gasteiger charge is -2.22. The summed E-state index contributed by atoms with van der Waals surface area (Å²) in [5, 5.41) is 8.88. The van der Waals surface area contributed by atoms with Crippen LogP contribution in [0.25, 0.3) is 0 Å². The summed E-state index contributed by atoms with van der Waals surface area (Å²) in [6, 6.07) is 19.6. The molecule has 160 valence electrons. The number of hydrogen-bond donors (Lipinski definition) is 0. The van der Waals surface area contributed by atoms with Crippen molar-refractivity contribution in [3.8, 4) is 0 Å². The molecule has 4 aromatic rings. The lowest BCUT2D eigenvalue weighted by molar-refractivity contribution is 0.0389. The van der Waals surface area contributed by atoms with E-state index in [4.69, 9.17) is 9.47 Å². The molecule has 4 heterocycles. The largest absolute Gasteiger partial charge is 0.364 e. The van der Waals surface area contributed by atoms with E-state index in [9.17, 15) is 4.79 Å². The summed E-state index contributed by atoms with van der Waals surface area (Å²) in [4.78, 5) is 22.3. The Morgan fingerprint density at radius 2 is 1.16 bits per heavy atom. The molecule has 0 bridgehead atoms. The fourth-order valence-electron chi connectivity index (χ4n) is 4.13. The van der Waals surface area contributed by atoms with Gasteiger partial charge in [0, 0.05) is 0 Å². The smallest absolute Gasteiger partial charge is 0.271 e. The normalized spacial score (nSPS) is 19.9. The predicted molar refractivity (Wildman–Crippen MR) is 112 cm³/mol. The second-order valence-corrected chi connectivity index (χ2v) is 7.69. The van der Waals surface area contributed by atoms with Crippen molar-refractivity contribution in [2.75, 3.05) is 13.2 Å². The number of ether oxygens (including phenoxy) is 2. The van der Waals surface area contributed by atoms with Crippen LogP contribution in [0.2, 0.25) is 0 Å². The Hall–Kier alpha value is -3.69. The summed E-state index contributed by atoms with van der Waals surface area (Å²) in [5.74, 6) is 0.964. The number of ketones is 1. The van der Waals surface area contributed by atoms with Gasteiger partial charge in [0.1, 0.15) is 12.2 Å². The molecule has 6 rings (SSSR count). The highest BCUT2D eigenvalue weighted by Crippen LogP contribution is 2.29. The first-order valence-corrected chi connectivity index (χ1v) is 10.6. The Morgan fingerprint density at radius 3 is 1.59 bits per heavy atom. The Bertz CT molecular complexity index is 1170. The fraction of sp³-hybridized carbons (Fsp3) is 0.261. The Labute approximate surface area is 183 Å². The molecule has 2 aromatic heterocycles. The summed E-state index contributed by atoms with van der Waals surface area (Å²) in [6.45, 7) is 2.07. The fourth-order valence-corrected chi connectivity index (χ4v) is 4.13. The van der Waals surface area contributed by atoms with E-state index >= 15 is 0 Å². The maximum Gasteiger partial charge on any atom is 0.271 e. The molecular formula is C23H20N6O3. The molecule has 2 aliphatic rings. The SMILES string of the molecule is O=C(c1nc2n(n1)CCOC2c1ccccc1)c1nc2n(n1)CCOC2c1ccccc1. The van der Waals surface area contributed by atoms with Crippen molar-refractivity contribution in [1.82, 2.24) is 29.5 Å². The van der Waals surface area contributed by atoms with Crippen LogP contribution in [0.5, 0.6) is 0 Å². The standard InChI is InChI=1S/C23H20N6O3/c30-17(20-24-22-18(15-7-3-1-4-8-15)31-13-11-28(22)26-20)21-25-23-19(16-9-5-2-6-10-16)32-14-12-29(23)27-21/h1-10,18-19H,11-14H2. The second-order valence-electron chi connectivity index (χ2n) is 7.69. The van der Waals surface area contributed by atoms with Gasteiger partial charge < -0.3 is 9.47 Å². The number of rotatable bonds is 4. The van der Waals surface area contributed by atoms with Gasteiger partial charge in [-0.25, -0.2) is 19.3 Å². The number of hydrogen-bond acceptors (Lipinski definition) is 7. The third-order valence-electron chi connectivity index (χ3n) is 5.66. The van der Waals surface area contributed by atoms with Crippen LogP contribution in [-0.2, 0) is 22.6 Å². The third kappa shape index (κ3) is 3.22. The van der Waals surface area contributed by atoms with Crippen LogP contribution in [0.1, 0.15) is 51.4 Å². The molecule has 32 heavy (non-hydrogen) atoms. The quantitative estimate of drug-likeness (QED) is 0.460. The van der Waals surface area contributed by atoms with Crippen LogP contribution in [0.3, 0.4) is 0 Å². The number of nitrogens with zero attached hydrogens (tertiary/aromatic N) is 6. The molecule has 0 radical (unpaired) electrons. The van der Waals surface area contributed by atoms with Crippen molar-refractivity contribution in [2.45, 2.75) is 25.3 Å². The molecular weight excluding hydrogens is 408 g/mol. The minimum atomic E-state index is -0.410. The van der Waals surface area contributed by atoms with Crippen LogP contribution in [-0.4, -0.2) is 48.5 Å². The summed E-state index contributed by atoms with van der Waals surface area (Å²) < 4.78 is 15.3. The molecule has 0 fully saturated rings. The van der Waals surface area contributed by atoms with E-state index in [1.165, 1.54) is 0 Å². The maximum absolute atomic E-state index is 13.2. The maximum atomic E-state index is 13.2. The molecule has 9 heteroatoms. The van der Waals surface area contributed by atoms with Crippen LogP contribution in [0.4, 0.5) is 0 Å². The zero-order valence-corrected chi connectivity index (χ0v) is 17.2. The highest BCUT2D eigenvalue weighted by atomic mass is 16.5. The van der Waals surface area contributed by atoms with Gasteiger partial charge in [0.15, 0.2) is 11.6 Å². The summed E-state index contributed by atoms with van der Waals surface area (Å²) in [5.41, 5.74) is 1.94. The van der Waals surface area contributed by atoms with Gasteiger partial charge in [-0.15, -0.1) is 10.2 Å². The number of carbonyl (C=O) groups excluding carboxylic acids is 1. The number of fused-ring (bicyclic) bond motifs is 2. The van der Waals surface area contributed by atoms with Crippen molar-refractivity contribution in [3.05, 3.63) is 95.1 Å². The summed E-state index contributed by atoms with van der Waals surface area (Å²) in [6.07, 6.45) is -0.726. The van der Waals surface area contributed by atoms with E-state index in [0.717, 1.165) is 11.1 Å². The number of benzene rings is 2. The van der Waals surface area contributed by atoms with E-state index in [1.807, 2.05) is 60.7 Å². The van der Waals surface area contributed by atoms with Crippen molar-refractivity contribution in [3.63, 3.8) is 0 Å². The molecule has 0 saturated heterocycles. The van der Waals surface area contributed by atoms with Crippen molar-refractivity contribution in [1.29, 1.82) is 0 Å². The molecule has 9 nitrogen and oxygen atoms in total. The monoisotopic (exact) mass is 428 g/mol. The average molecular weight is 428 g/mol. The zero-order chi connectivity index (χ0) is 21.5. The van der Waals surface area contributed by atoms with E-state index in [1.54, 1.807) is 9.36 Å². The summed E-state index contributed by atoms with van der Waals surface area (Å²) in [7, 11) is 0. The number of aromatic nitrogens is 6. The van der Waals surface area contributed by atoms with E-state index < -0.39 is 5.78 Å². The van der Waals surface area contributed by atoms with Crippen LogP contribution >= 0.6 is 0 Å². The van der Waals surface area contributed by atoms with Gasteiger partial charge >= 0.3 is 0 Å². The summed E-state index contributed by atoms with van der Waals surface area (Å²) >= 11 is 0. The first kappa shape index (κ1) is 19.0. The van der Waals surface area contributed by atoms with Crippen molar-refractivity contribution < 1.29 is 14.3 Å². The minimum absolute atomic E-state index is 0.0755. The van der Waals surface area contributed by atoms with E-state index in [2.05, 4.69) is 20.2 Å². The van der Waals surface area contributed by atoms with E-state index in [0.29, 0.717) is 38.0 Å².